The fourth-order valence-corrected chi connectivity index (χ4v) is 10.2. The normalized spacial score (nSPS) is 11.5. The first-order valence-electron chi connectivity index (χ1n) is 21.0. The fourth-order valence-electron chi connectivity index (χ4n) is 9.12. The molecule has 0 atom stereocenters. The molecular weight excluding hydrogens is 771 g/mol. The summed E-state index contributed by atoms with van der Waals surface area (Å²) < 4.78 is 3.61. The molecule has 0 aliphatic rings. The minimum absolute atomic E-state index is 0.717. The van der Waals surface area contributed by atoms with Gasteiger partial charge in [0.25, 0.3) is 0 Å². The minimum atomic E-state index is 0.717. The van der Waals surface area contributed by atoms with Crippen LogP contribution < -0.4 is 0 Å². The second kappa shape index (κ2) is 15.0. The van der Waals surface area contributed by atoms with Crippen LogP contribution in [0.1, 0.15) is 0 Å². The molecular formula is C58H37N3S. The Balaban J connectivity index is 0.994. The summed E-state index contributed by atoms with van der Waals surface area (Å²) >= 11 is 1.73. The molecule has 0 bridgehead atoms. The van der Waals surface area contributed by atoms with E-state index in [0.29, 0.717) is 0 Å². The molecule has 62 heavy (non-hydrogen) atoms. The first-order valence-corrected chi connectivity index (χ1v) is 21.8. The smallest absolute Gasteiger partial charge is 0.161 e. The maximum Gasteiger partial charge on any atom is 0.161 e. The fraction of sp³-hybridized carbons (Fsp3) is 0. The van der Waals surface area contributed by atoms with Gasteiger partial charge < -0.3 is 4.57 Å². The van der Waals surface area contributed by atoms with E-state index in [9.17, 15) is 0 Å². The number of thiophene rings is 1. The number of aromatic nitrogens is 3. The highest BCUT2D eigenvalue weighted by Crippen LogP contribution is 2.43. The van der Waals surface area contributed by atoms with E-state index in [1.807, 2.05) is 0 Å². The van der Waals surface area contributed by atoms with Gasteiger partial charge in [0.2, 0.25) is 0 Å². The Labute approximate surface area is 363 Å². The second-order valence-electron chi connectivity index (χ2n) is 15.8. The van der Waals surface area contributed by atoms with Crippen molar-refractivity contribution in [3.05, 3.63) is 224 Å². The van der Waals surface area contributed by atoms with E-state index in [2.05, 4.69) is 229 Å². The molecule has 0 radical (unpaired) electrons. The van der Waals surface area contributed by atoms with Crippen LogP contribution in [0.2, 0.25) is 0 Å². The summed E-state index contributed by atoms with van der Waals surface area (Å²) in [5.74, 6) is 0.717. The Hall–Kier alpha value is -7.92. The third-order valence-electron chi connectivity index (χ3n) is 12.0. The van der Waals surface area contributed by atoms with E-state index in [0.717, 1.165) is 55.2 Å². The quantitative estimate of drug-likeness (QED) is 0.161. The summed E-state index contributed by atoms with van der Waals surface area (Å²) in [6, 6.07) is 80.5. The molecule has 4 heteroatoms. The molecule has 12 rings (SSSR count). The summed E-state index contributed by atoms with van der Waals surface area (Å²) in [6.07, 6.45) is 0. The van der Waals surface area contributed by atoms with Crippen LogP contribution in [-0.2, 0) is 0 Å². The summed E-state index contributed by atoms with van der Waals surface area (Å²) in [4.78, 5) is 11.7. The molecule has 0 saturated carbocycles. The molecule has 3 aromatic heterocycles. The second-order valence-corrected chi connectivity index (χ2v) is 16.8. The summed E-state index contributed by atoms with van der Waals surface area (Å²) in [7, 11) is 0. The maximum atomic E-state index is 5.41. The van der Waals surface area contributed by atoms with Crippen molar-refractivity contribution >= 4 is 53.4 Å². The number of hydrogen-bond donors (Lipinski definition) is 0. The van der Waals surface area contributed by atoms with Gasteiger partial charge in [-0.2, -0.15) is 0 Å². The van der Waals surface area contributed by atoms with Crippen molar-refractivity contribution in [1.82, 2.24) is 14.5 Å². The van der Waals surface area contributed by atoms with Gasteiger partial charge in [0.05, 0.1) is 16.7 Å². The third-order valence-corrected chi connectivity index (χ3v) is 13.1. The van der Waals surface area contributed by atoms with Crippen LogP contribution >= 0.6 is 11.3 Å². The van der Waals surface area contributed by atoms with E-state index in [1.165, 1.54) is 59.7 Å². The van der Waals surface area contributed by atoms with Crippen LogP contribution in [0.15, 0.2) is 224 Å². The number of rotatable bonds is 7. The molecule has 0 N–H and O–H groups in total. The zero-order valence-corrected chi connectivity index (χ0v) is 34.4. The van der Waals surface area contributed by atoms with Crippen molar-refractivity contribution in [2.45, 2.75) is 0 Å². The predicted octanol–water partition coefficient (Wildman–Crippen LogP) is 15.9. The topological polar surface area (TPSA) is 30.7 Å². The monoisotopic (exact) mass is 807 g/mol. The summed E-state index contributed by atoms with van der Waals surface area (Å²) in [5.41, 5.74) is 15.9. The lowest BCUT2D eigenvalue weighted by Gasteiger charge is -2.11. The minimum Gasteiger partial charge on any atom is -0.309 e. The van der Waals surface area contributed by atoms with Crippen LogP contribution in [-0.4, -0.2) is 14.5 Å². The molecule has 0 saturated heterocycles. The Morgan fingerprint density at radius 3 is 1.63 bits per heavy atom. The Morgan fingerprint density at radius 2 is 0.887 bits per heavy atom. The lowest BCUT2D eigenvalue weighted by atomic mass is 9.94. The van der Waals surface area contributed by atoms with Gasteiger partial charge in [0, 0.05) is 43.1 Å². The van der Waals surface area contributed by atoms with Crippen LogP contribution in [0.25, 0.3) is 115 Å². The van der Waals surface area contributed by atoms with E-state index >= 15 is 0 Å². The average molecular weight is 808 g/mol. The van der Waals surface area contributed by atoms with Crippen molar-refractivity contribution in [3.8, 4) is 72.8 Å². The van der Waals surface area contributed by atoms with Crippen molar-refractivity contribution in [1.29, 1.82) is 0 Å². The molecule has 0 aliphatic carbocycles. The molecule has 290 valence electrons. The zero-order chi connectivity index (χ0) is 41.0. The standard InChI is InChI=1S/C58H37N3S/c1-4-16-38(17-5-1)40-20-13-24-45(35-40)56-55-49-28-10-11-31-53(49)62-58(55)60-57(59-56)46-25-14-22-42(36-46)41-21-12-23-44(34-41)48-29-15-30-52-54(48)50-37-43(39-18-6-2-7-19-39)32-33-51(50)61(52)47-26-8-3-9-27-47/h1-37H. The largest absolute Gasteiger partial charge is 0.309 e. The highest BCUT2D eigenvalue weighted by Gasteiger charge is 2.20. The van der Waals surface area contributed by atoms with Gasteiger partial charge in [-0.1, -0.05) is 170 Å². The van der Waals surface area contributed by atoms with Crippen LogP contribution in [0.5, 0.6) is 0 Å². The Morgan fingerprint density at radius 1 is 0.339 bits per heavy atom. The van der Waals surface area contributed by atoms with Crippen LogP contribution in [0.3, 0.4) is 0 Å². The Kier molecular flexibility index (Phi) is 8.68. The lowest BCUT2D eigenvalue weighted by molar-refractivity contribution is 1.18. The molecule has 3 heterocycles. The SMILES string of the molecule is c1ccc(-c2cccc(-c3nc(-c4cccc(-c5cccc(-c6cccc7c6c6cc(-c8ccccc8)ccc6n7-c6ccccc6)c5)c4)nc4sc5ccccc5c34)c2)cc1. The predicted molar refractivity (Wildman–Crippen MR) is 262 cm³/mol. The first-order chi connectivity index (χ1) is 30.7. The number of hydrogen-bond acceptors (Lipinski definition) is 3. The van der Waals surface area contributed by atoms with Gasteiger partial charge in [0.15, 0.2) is 5.82 Å². The maximum absolute atomic E-state index is 5.41. The van der Waals surface area contributed by atoms with Gasteiger partial charge in [-0.15, -0.1) is 11.3 Å². The van der Waals surface area contributed by atoms with Crippen molar-refractivity contribution in [2.75, 3.05) is 0 Å². The van der Waals surface area contributed by atoms with Crippen molar-refractivity contribution in [3.63, 3.8) is 0 Å². The summed E-state index contributed by atoms with van der Waals surface area (Å²) in [5, 5.41) is 4.75. The average Bonchev–Trinajstić information content (AvgIpc) is 3.90. The first kappa shape index (κ1) is 36.0. The number of para-hydroxylation sites is 1. The highest BCUT2D eigenvalue weighted by atomic mass is 32.1. The number of fused-ring (bicyclic) bond motifs is 6. The van der Waals surface area contributed by atoms with Crippen LogP contribution in [0.4, 0.5) is 0 Å². The van der Waals surface area contributed by atoms with Crippen molar-refractivity contribution in [2.24, 2.45) is 0 Å². The molecule has 0 aliphatic heterocycles. The zero-order valence-electron chi connectivity index (χ0n) is 33.6. The van der Waals surface area contributed by atoms with Crippen LogP contribution in [0, 0.1) is 0 Å². The molecule has 3 nitrogen and oxygen atoms in total. The van der Waals surface area contributed by atoms with E-state index in [1.54, 1.807) is 11.3 Å². The molecule has 0 unspecified atom stereocenters. The van der Waals surface area contributed by atoms with Gasteiger partial charge in [-0.3, -0.25) is 0 Å². The highest BCUT2D eigenvalue weighted by molar-refractivity contribution is 7.25. The van der Waals surface area contributed by atoms with Gasteiger partial charge >= 0.3 is 0 Å². The van der Waals surface area contributed by atoms with Crippen molar-refractivity contribution < 1.29 is 0 Å². The summed E-state index contributed by atoms with van der Waals surface area (Å²) in [6.45, 7) is 0. The van der Waals surface area contributed by atoms with Gasteiger partial charge in [-0.25, -0.2) is 9.97 Å². The van der Waals surface area contributed by atoms with Gasteiger partial charge in [0.1, 0.15) is 4.83 Å². The molecule has 0 amide bonds. The number of benzene rings is 9. The lowest BCUT2D eigenvalue weighted by Crippen LogP contribution is -1.94. The third kappa shape index (κ3) is 6.20. The van der Waals surface area contributed by atoms with E-state index in [4.69, 9.17) is 9.97 Å². The van der Waals surface area contributed by atoms with E-state index < -0.39 is 0 Å². The number of nitrogens with zero attached hydrogens (tertiary/aromatic N) is 3. The Bertz CT molecular complexity index is 3620. The molecule has 0 spiro atoms. The van der Waals surface area contributed by atoms with Gasteiger partial charge in [-0.05, 0) is 99.1 Å². The molecule has 9 aromatic carbocycles. The van der Waals surface area contributed by atoms with E-state index in [-0.39, 0.29) is 0 Å². The molecule has 12 aromatic rings. The molecule has 0 fully saturated rings.